The molecule has 2 aromatic carbocycles. The van der Waals surface area contributed by atoms with Crippen molar-refractivity contribution in [3.8, 4) is 11.5 Å². The molecule has 0 saturated heterocycles. The van der Waals surface area contributed by atoms with Crippen LogP contribution in [0.5, 0.6) is 11.5 Å². The Bertz CT molecular complexity index is 608. The summed E-state index contributed by atoms with van der Waals surface area (Å²) in [6.45, 7) is 2.36. The number of hydrogen-bond acceptors (Lipinski definition) is 4. The standard InChI is InChI=1S/C15H16N2O2/c1-10-7-14-15(19-9-18-14)8-13(10)17(2)12-5-3-11(16)4-6-12/h3-8H,9,16H2,1-2H3. The highest BCUT2D eigenvalue weighted by molar-refractivity contribution is 5.70. The number of nitrogens with two attached hydrogens (primary N) is 1. The first kappa shape index (κ1) is 11.7. The van der Waals surface area contributed by atoms with Crippen LogP contribution in [0, 0.1) is 6.92 Å². The van der Waals surface area contributed by atoms with Crippen molar-refractivity contribution < 1.29 is 9.47 Å². The summed E-state index contributed by atoms with van der Waals surface area (Å²) in [6.07, 6.45) is 0. The first-order valence-electron chi connectivity index (χ1n) is 6.14. The maximum atomic E-state index is 5.71. The molecule has 0 aliphatic carbocycles. The number of benzene rings is 2. The summed E-state index contributed by atoms with van der Waals surface area (Å²) >= 11 is 0. The van der Waals surface area contributed by atoms with E-state index < -0.39 is 0 Å². The molecule has 0 radical (unpaired) electrons. The van der Waals surface area contributed by atoms with Gasteiger partial charge in [0, 0.05) is 30.2 Å². The van der Waals surface area contributed by atoms with Gasteiger partial charge in [-0.3, -0.25) is 0 Å². The van der Waals surface area contributed by atoms with Crippen LogP contribution >= 0.6 is 0 Å². The summed E-state index contributed by atoms with van der Waals surface area (Å²) in [5.74, 6) is 1.61. The third-order valence-corrected chi connectivity index (χ3v) is 3.33. The van der Waals surface area contributed by atoms with E-state index in [2.05, 4.69) is 11.8 Å². The smallest absolute Gasteiger partial charge is 0.231 e. The Morgan fingerprint density at radius 1 is 1.05 bits per heavy atom. The topological polar surface area (TPSA) is 47.7 Å². The minimum absolute atomic E-state index is 0.295. The highest BCUT2D eigenvalue weighted by Crippen LogP contribution is 2.39. The van der Waals surface area contributed by atoms with Gasteiger partial charge in [-0.25, -0.2) is 0 Å². The van der Waals surface area contributed by atoms with E-state index in [1.54, 1.807) is 0 Å². The summed E-state index contributed by atoms with van der Waals surface area (Å²) in [6, 6.07) is 11.8. The Kier molecular flexibility index (Phi) is 2.71. The monoisotopic (exact) mass is 256 g/mol. The van der Waals surface area contributed by atoms with Crippen molar-refractivity contribution in [1.82, 2.24) is 0 Å². The number of aryl methyl sites for hydroxylation is 1. The van der Waals surface area contributed by atoms with Crippen LogP contribution in [-0.4, -0.2) is 13.8 Å². The van der Waals surface area contributed by atoms with Gasteiger partial charge in [0.15, 0.2) is 11.5 Å². The van der Waals surface area contributed by atoms with Gasteiger partial charge in [-0.2, -0.15) is 0 Å². The van der Waals surface area contributed by atoms with Crippen LogP contribution < -0.4 is 20.1 Å². The number of hydrogen-bond donors (Lipinski definition) is 1. The van der Waals surface area contributed by atoms with E-state index in [1.807, 2.05) is 43.4 Å². The average Bonchev–Trinajstić information content (AvgIpc) is 2.85. The van der Waals surface area contributed by atoms with Gasteiger partial charge in [0.05, 0.1) is 0 Å². The second-order valence-electron chi connectivity index (χ2n) is 4.64. The van der Waals surface area contributed by atoms with Gasteiger partial charge < -0.3 is 20.1 Å². The minimum Gasteiger partial charge on any atom is -0.454 e. The summed E-state index contributed by atoms with van der Waals surface area (Å²) in [4.78, 5) is 2.11. The van der Waals surface area contributed by atoms with Crippen molar-refractivity contribution >= 4 is 17.1 Å². The molecule has 98 valence electrons. The molecule has 0 unspecified atom stereocenters. The van der Waals surface area contributed by atoms with Crippen molar-refractivity contribution in [2.75, 3.05) is 24.5 Å². The van der Waals surface area contributed by atoms with Gasteiger partial charge in [-0.05, 0) is 42.8 Å². The van der Waals surface area contributed by atoms with Gasteiger partial charge in [0.1, 0.15) is 0 Å². The highest BCUT2D eigenvalue weighted by atomic mass is 16.7. The average molecular weight is 256 g/mol. The molecule has 3 rings (SSSR count). The van der Waals surface area contributed by atoms with Crippen molar-refractivity contribution in [1.29, 1.82) is 0 Å². The lowest BCUT2D eigenvalue weighted by Crippen LogP contribution is -2.10. The van der Waals surface area contributed by atoms with Crippen LogP contribution in [0.1, 0.15) is 5.56 Å². The second kappa shape index (κ2) is 4.39. The Hall–Kier alpha value is -2.36. The van der Waals surface area contributed by atoms with E-state index in [9.17, 15) is 0 Å². The first-order valence-corrected chi connectivity index (χ1v) is 6.14. The molecule has 0 amide bonds. The van der Waals surface area contributed by atoms with E-state index >= 15 is 0 Å². The molecule has 0 saturated carbocycles. The van der Waals surface area contributed by atoms with E-state index in [1.165, 1.54) is 0 Å². The third-order valence-electron chi connectivity index (χ3n) is 3.33. The zero-order chi connectivity index (χ0) is 13.4. The Morgan fingerprint density at radius 2 is 1.68 bits per heavy atom. The van der Waals surface area contributed by atoms with Gasteiger partial charge in [0.2, 0.25) is 6.79 Å². The summed E-state index contributed by atoms with van der Waals surface area (Å²) in [5.41, 5.74) is 9.79. The number of nitrogens with zero attached hydrogens (tertiary/aromatic N) is 1. The SMILES string of the molecule is Cc1cc2c(cc1N(C)c1ccc(N)cc1)OCO2. The Morgan fingerprint density at radius 3 is 2.37 bits per heavy atom. The lowest BCUT2D eigenvalue weighted by Gasteiger charge is -2.22. The van der Waals surface area contributed by atoms with Gasteiger partial charge in [-0.1, -0.05) is 0 Å². The number of anilines is 3. The molecule has 4 heteroatoms. The molecule has 0 spiro atoms. The zero-order valence-electron chi connectivity index (χ0n) is 11.0. The molecular weight excluding hydrogens is 240 g/mol. The lowest BCUT2D eigenvalue weighted by molar-refractivity contribution is 0.174. The van der Waals surface area contributed by atoms with Crippen LogP contribution in [0.4, 0.5) is 17.1 Å². The summed E-state index contributed by atoms with van der Waals surface area (Å²) < 4.78 is 10.8. The van der Waals surface area contributed by atoms with E-state index in [-0.39, 0.29) is 0 Å². The predicted octanol–water partition coefficient (Wildman–Crippen LogP) is 3.07. The molecule has 19 heavy (non-hydrogen) atoms. The zero-order valence-corrected chi connectivity index (χ0v) is 11.0. The van der Waals surface area contributed by atoms with Crippen LogP contribution in [0.3, 0.4) is 0 Å². The van der Waals surface area contributed by atoms with Gasteiger partial charge in [-0.15, -0.1) is 0 Å². The fraction of sp³-hybridized carbons (Fsp3) is 0.200. The normalized spacial score (nSPS) is 12.5. The highest BCUT2D eigenvalue weighted by Gasteiger charge is 2.17. The lowest BCUT2D eigenvalue weighted by atomic mass is 10.1. The van der Waals surface area contributed by atoms with Crippen LogP contribution in [0.25, 0.3) is 0 Å². The Balaban J connectivity index is 1.99. The molecular formula is C15H16N2O2. The fourth-order valence-corrected chi connectivity index (χ4v) is 2.23. The fourth-order valence-electron chi connectivity index (χ4n) is 2.23. The number of rotatable bonds is 2. The van der Waals surface area contributed by atoms with Crippen molar-refractivity contribution in [3.63, 3.8) is 0 Å². The van der Waals surface area contributed by atoms with E-state index in [0.717, 1.165) is 34.1 Å². The van der Waals surface area contributed by atoms with Crippen molar-refractivity contribution in [2.24, 2.45) is 0 Å². The molecule has 0 aromatic heterocycles. The third kappa shape index (κ3) is 2.05. The molecule has 2 aromatic rings. The maximum absolute atomic E-state index is 5.71. The Labute approximate surface area is 112 Å². The van der Waals surface area contributed by atoms with Crippen LogP contribution in [0.15, 0.2) is 36.4 Å². The number of fused-ring (bicyclic) bond motifs is 1. The molecule has 0 bridgehead atoms. The number of nitrogen functional groups attached to an aromatic ring is 1. The van der Waals surface area contributed by atoms with Gasteiger partial charge >= 0.3 is 0 Å². The van der Waals surface area contributed by atoms with Crippen molar-refractivity contribution in [3.05, 3.63) is 42.0 Å². The quantitative estimate of drug-likeness (QED) is 0.839. The molecule has 0 fully saturated rings. The van der Waals surface area contributed by atoms with Crippen LogP contribution in [-0.2, 0) is 0 Å². The van der Waals surface area contributed by atoms with E-state index in [0.29, 0.717) is 6.79 Å². The van der Waals surface area contributed by atoms with Gasteiger partial charge in [0.25, 0.3) is 0 Å². The molecule has 0 atom stereocenters. The largest absolute Gasteiger partial charge is 0.454 e. The first-order chi connectivity index (χ1) is 9.15. The molecule has 4 nitrogen and oxygen atoms in total. The number of ether oxygens (including phenoxy) is 2. The minimum atomic E-state index is 0.295. The van der Waals surface area contributed by atoms with E-state index in [4.69, 9.17) is 15.2 Å². The summed E-state index contributed by atoms with van der Waals surface area (Å²) in [5, 5.41) is 0. The molecule has 1 heterocycles. The molecule has 1 aliphatic rings. The second-order valence-corrected chi connectivity index (χ2v) is 4.64. The maximum Gasteiger partial charge on any atom is 0.231 e. The van der Waals surface area contributed by atoms with Crippen LogP contribution in [0.2, 0.25) is 0 Å². The molecule has 2 N–H and O–H groups in total. The summed E-state index contributed by atoms with van der Waals surface area (Å²) in [7, 11) is 2.02. The molecule has 1 aliphatic heterocycles. The predicted molar refractivity (Wildman–Crippen MR) is 76.2 cm³/mol. The van der Waals surface area contributed by atoms with Crippen molar-refractivity contribution in [2.45, 2.75) is 6.92 Å².